The molecule has 34 heavy (non-hydrogen) atoms. The zero-order chi connectivity index (χ0) is 24.9. The highest BCUT2D eigenvalue weighted by Crippen LogP contribution is 2.32. The number of ether oxygens (including phenoxy) is 1. The molecule has 0 amide bonds. The predicted molar refractivity (Wildman–Crippen MR) is 132 cm³/mol. The number of carbonyl (C=O) groups excluding carboxylic acids is 1. The van der Waals surface area contributed by atoms with Gasteiger partial charge in [0.2, 0.25) is 10.0 Å². The summed E-state index contributed by atoms with van der Waals surface area (Å²) in [6, 6.07) is 9.62. The number of hydrogen-bond donors (Lipinski definition) is 1. The van der Waals surface area contributed by atoms with Crippen molar-refractivity contribution in [2.75, 3.05) is 0 Å². The summed E-state index contributed by atoms with van der Waals surface area (Å²) in [6.07, 6.45) is 3.31. The van der Waals surface area contributed by atoms with Gasteiger partial charge in [0, 0.05) is 17.5 Å². The summed E-state index contributed by atoms with van der Waals surface area (Å²) in [4.78, 5) is 25.0. The van der Waals surface area contributed by atoms with Crippen molar-refractivity contribution in [1.82, 2.24) is 4.72 Å². The van der Waals surface area contributed by atoms with Crippen LogP contribution < -0.4 is 15.1 Å². The molecule has 1 unspecified atom stereocenters. The maximum Gasteiger partial charge on any atom is 0.336 e. The highest BCUT2D eigenvalue weighted by molar-refractivity contribution is 7.89. The van der Waals surface area contributed by atoms with Crippen LogP contribution in [0.2, 0.25) is 5.02 Å². The Labute approximate surface area is 204 Å². The van der Waals surface area contributed by atoms with Crippen LogP contribution in [0.4, 0.5) is 0 Å². The van der Waals surface area contributed by atoms with E-state index in [0.29, 0.717) is 18.2 Å². The molecule has 0 aliphatic heterocycles. The van der Waals surface area contributed by atoms with E-state index in [4.69, 9.17) is 20.8 Å². The van der Waals surface area contributed by atoms with E-state index in [0.717, 1.165) is 24.0 Å². The molecule has 182 valence electrons. The summed E-state index contributed by atoms with van der Waals surface area (Å²) >= 11 is 6.38. The van der Waals surface area contributed by atoms with Gasteiger partial charge in [0.1, 0.15) is 11.6 Å². The summed E-state index contributed by atoms with van der Waals surface area (Å²) in [5, 5.41) is 0.826. The fourth-order valence-corrected chi connectivity index (χ4v) is 4.97. The normalized spacial score (nSPS) is 12.6. The van der Waals surface area contributed by atoms with Crippen LogP contribution in [0.15, 0.2) is 56.6 Å². The number of nitrogens with one attached hydrogen (secondary N) is 1. The van der Waals surface area contributed by atoms with Gasteiger partial charge in [0.15, 0.2) is 5.75 Å². The Hall–Kier alpha value is -2.68. The molecule has 0 bridgehead atoms. The molecule has 9 heteroatoms. The van der Waals surface area contributed by atoms with E-state index in [9.17, 15) is 18.0 Å². The van der Waals surface area contributed by atoms with Crippen LogP contribution in [0, 0.1) is 6.92 Å². The Bertz CT molecular complexity index is 1330. The van der Waals surface area contributed by atoms with Crippen LogP contribution in [-0.4, -0.2) is 20.4 Å². The highest BCUT2D eigenvalue weighted by atomic mass is 35.5. The largest absolute Gasteiger partial charge is 0.424 e. The Balaban J connectivity index is 1.88. The number of carbonyl (C=O) groups is 1. The fourth-order valence-electron chi connectivity index (χ4n) is 3.55. The number of rotatable bonds is 10. The van der Waals surface area contributed by atoms with Crippen LogP contribution in [0.5, 0.6) is 5.75 Å². The Morgan fingerprint density at radius 3 is 2.47 bits per heavy atom. The third-order valence-electron chi connectivity index (χ3n) is 5.38. The maximum absolute atomic E-state index is 12.9. The van der Waals surface area contributed by atoms with Crippen LogP contribution in [0.1, 0.15) is 50.7 Å². The zero-order valence-corrected chi connectivity index (χ0v) is 21.0. The Morgan fingerprint density at radius 2 is 1.82 bits per heavy atom. The van der Waals surface area contributed by atoms with E-state index in [1.54, 1.807) is 18.2 Å². The number of esters is 1. The lowest BCUT2D eigenvalue weighted by Gasteiger charge is -2.18. The minimum Gasteiger partial charge on any atom is -0.424 e. The van der Waals surface area contributed by atoms with Crippen LogP contribution in [-0.2, 0) is 21.2 Å². The quantitative estimate of drug-likeness (QED) is 0.232. The lowest BCUT2D eigenvalue weighted by molar-refractivity contribution is -0.136. The first-order valence-electron chi connectivity index (χ1n) is 11.2. The second-order valence-corrected chi connectivity index (χ2v) is 10.3. The highest BCUT2D eigenvalue weighted by Gasteiger charge is 2.27. The van der Waals surface area contributed by atoms with Gasteiger partial charge in [-0.1, -0.05) is 56.0 Å². The molecule has 0 saturated heterocycles. The van der Waals surface area contributed by atoms with Crippen molar-refractivity contribution in [2.24, 2.45) is 0 Å². The standard InChI is InChI=1S/C25H28ClNO6S/c1-4-6-8-17-13-24(28)32-22-15-23(20(26)14-19(17)22)33-25(29)21(7-5-2)27-34(30,31)18-11-9-16(3)10-12-18/h9-15,21,27H,4-8H2,1-3H3. The fraction of sp³-hybridized carbons (Fsp3) is 0.360. The molecular weight excluding hydrogens is 478 g/mol. The number of aryl methyl sites for hydroxylation is 2. The van der Waals surface area contributed by atoms with Crippen molar-refractivity contribution in [3.63, 3.8) is 0 Å². The molecule has 0 saturated carbocycles. The van der Waals surface area contributed by atoms with Gasteiger partial charge >= 0.3 is 11.6 Å². The minimum atomic E-state index is -3.94. The van der Waals surface area contributed by atoms with Crippen molar-refractivity contribution in [1.29, 1.82) is 0 Å². The van der Waals surface area contributed by atoms with Crippen molar-refractivity contribution in [3.05, 3.63) is 69.0 Å². The zero-order valence-electron chi connectivity index (χ0n) is 19.4. The molecule has 1 heterocycles. The van der Waals surface area contributed by atoms with Gasteiger partial charge in [0.05, 0.1) is 9.92 Å². The second-order valence-electron chi connectivity index (χ2n) is 8.17. The molecule has 1 atom stereocenters. The maximum atomic E-state index is 12.9. The summed E-state index contributed by atoms with van der Waals surface area (Å²) < 4.78 is 38.8. The van der Waals surface area contributed by atoms with Gasteiger partial charge in [-0.25, -0.2) is 18.0 Å². The van der Waals surface area contributed by atoms with E-state index in [2.05, 4.69) is 11.6 Å². The van der Waals surface area contributed by atoms with Gasteiger partial charge in [-0.15, -0.1) is 0 Å². The predicted octanol–water partition coefficient (Wildman–Crippen LogP) is 5.15. The smallest absolute Gasteiger partial charge is 0.336 e. The Morgan fingerprint density at radius 1 is 1.12 bits per heavy atom. The first kappa shape index (κ1) is 25.9. The molecule has 0 radical (unpaired) electrons. The van der Waals surface area contributed by atoms with Gasteiger partial charge in [0.25, 0.3) is 0 Å². The number of fused-ring (bicyclic) bond motifs is 1. The second kappa shape index (κ2) is 11.2. The summed E-state index contributed by atoms with van der Waals surface area (Å²) in [6.45, 7) is 5.73. The van der Waals surface area contributed by atoms with Crippen LogP contribution in [0.25, 0.3) is 11.0 Å². The van der Waals surface area contributed by atoms with Gasteiger partial charge in [-0.05, 0) is 49.9 Å². The third-order valence-corrected chi connectivity index (χ3v) is 7.17. The molecule has 0 aliphatic carbocycles. The lowest BCUT2D eigenvalue weighted by atomic mass is 10.0. The van der Waals surface area contributed by atoms with E-state index in [1.165, 1.54) is 24.3 Å². The SMILES string of the molecule is CCCCc1cc(=O)oc2cc(OC(=O)C(CCC)NS(=O)(=O)c3ccc(C)cc3)c(Cl)cc12. The molecule has 1 aromatic heterocycles. The minimum absolute atomic E-state index is 0.00871. The van der Waals surface area contributed by atoms with E-state index in [1.807, 2.05) is 13.8 Å². The van der Waals surface area contributed by atoms with Gasteiger partial charge < -0.3 is 9.15 Å². The average Bonchev–Trinajstić information content (AvgIpc) is 2.78. The average molecular weight is 506 g/mol. The molecule has 7 nitrogen and oxygen atoms in total. The molecule has 3 rings (SSSR count). The number of sulfonamides is 1. The number of unbranched alkanes of at least 4 members (excludes halogenated alkanes) is 1. The van der Waals surface area contributed by atoms with Crippen LogP contribution in [0.3, 0.4) is 0 Å². The first-order chi connectivity index (χ1) is 16.1. The van der Waals surface area contributed by atoms with E-state index in [-0.39, 0.29) is 27.7 Å². The molecular formula is C25H28ClNO6S. The molecule has 0 spiro atoms. The summed E-state index contributed by atoms with van der Waals surface area (Å²) in [5.74, 6) is -0.811. The number of hydrogen-bond acceptors (Lipinski definition) is 6. The Kier molecular flexibility index (Phi) is 8.52. The van der Waals surface area contributed by atoms with Crippen molar-refractivity contribution >= 4 is 38.6 Å². The molecule has 1 N–H and O–H groups in total. The summed E-state index contributed by atoms with van der Waals surface area (Å²) in [7, 11) is -3.94. The van der Waals surface area contributed by atoms with E-state index >= 15 is 0 Å². The molecule has 0 fully saturated rings. The van der Waals surface area contributed by atoms with Crippen LogP contribution >= 0.6 is 11.6 Å². The topological polar surface area (TPSA) is 103 Å². The number of halogens is 1. The molecule has 2 aromatic carbocycles. The first-order valence-corrected chi connectivity index (χ1v) is 13.1. The number of benzene rings is 2. The van der Waals surface area contributed by atoms with Gasteiger partial charge in [-0.3, -0.25) is 0 Å². The van der Waals surface area contributed by atoms with Crippen molar-refractivity contribution in [3.8, 4) is 5.75 Å². The molecule has 0 aliphatic rings. The lowest BCUT2D eigenvalue weighted by Crippen LogP contribution is -2.42. The van der Waals surface area contributed by atoms with Crippen molar-refractivity contribution < 1.29 is 22.4 Å². The summed E-state index contributed by atoms with van der Waals surface area (Å²) in [5.41, 5.74) is 1.47. The molecule has 3 aromatic rings. The third kappa shape index (κ3) is 6.25. The van der Waals surface area contributed by atoms with Crippen molar-refractivity contribution in [2.45, 2.75) is 63.8 Å². The van der Waals surface area contributed by atoms with Gasteiger partial charge in [-0.2, -0.15) is 4.72 Å². The monoisotopic (exact) mass is 505 g/mol. The van der Waals surface area contributed by atoms with E-state index < -0.39 is 27.7 Å².